The molecule has 4 saturated heterocycles. The number of hydrogen-bond acceptors (Lipinski definition) is 28. The molecule has 20 rings (SSSR count). The number of sulfonamides is 4. The molecular formula is C96H108N20O12S4. The summed E-state index contributed by atoms with van der Waals surface area (Å²) in [5.74, 6) is 6.31. The molecule has 0 unspecified atom stereocenters. The van der Waals surface area contributed by atoms with Crippen molar-refractivity contribution in [3.63, 3.8) is 0 Å². The van der Waals surface area contributed by atoms with Gasteiger partial charge in [-0.3, -0.25) is 38.8 Å². The number of nitrogens with zero attached hydrogens (tertiary/aromatic N) is 16. The molecule has 0 radical (unpaired) electrons. The second-order valence-electron chi connectivity index (χ2n) is 36.0. The number of anilines is 4. The van der Waals surface area contributed by atoms with Crippen molar-refractivity contribution in [2.75, 3.05) is 152 Å². The number of hydrogen-bond donors (Lipinski definition) is 4. The third kappa shape index (κ3) is 19.8. The van der Waals surface area contributed by atoms with Gasteiger partial charge in [0.2, 0.25) is 40.1 Å². The molecule has 4 fully saturated rings. The lowest BCUT2D eigenvalue weighted by Crippen LogP contribution is -2.48. The topological polar surface area (TPSA) is 382 Å². The van der Waals surface area contributed by atoms with E-state index >= 15 is 0 Å². The molecule has 4 N–H and O–H groups in total. The first-order valence-corrected chi connectivity index (χ1v) is 50.5. The summed E-state index contributed by atoms with van der Waals surface area (Å²) in [6.07, 6.45) is 0.737. The number of carbonyl (C=O) groups excluding carboxylic acids is 4. The van der Waals surface area contributed by atoms with Crippen LogP contribution in [0.2, 0.25) is 0 Å². The quantitative estimate of drug-likeness (QED) is 0.0620. The molecule has 688 valence electrons. The van der Waals surface area contributed by atoms with Crippen molar-refractivity contribution in [1.29, 1.82) is 0 Å². The van der Waals surface area contributed by atoms with Crippen LogP contribution in [0.5, 0.6) is 0 Å². The van der Waals surface area contributed by atoms with Gasteiger partial charge in [-0.2, -0.15) is 17.2 Å². The Morgan fingerprint density at radius 3 is 0.803 bits per heavy atom. The molecule has 0 bridgehead atoms. The Morgan fingerprint density at radius 2 is 0.545 bits per heavy atom. The van der Waals surface area contributed by atoms with Gasteiger partial charge in [0.05, 0.1) is 116 Å². The highest BCUT2D eigenvalue weighted by atomic mass is 32.2. The summed E-state index contributed by atoms with van der Waals surface area (Å²) < 4.78 is 111. The van der Waals surface area contributed by atoms with E-state index in [-0.39, 0.29) is 54.7 Å². The van der Waals surface area contributed by atoms with Crippen LogP contribution in [-0.2, 0) is 71.7 Å². The van der Waals surface area contributed by atoms with Crippen molar-refractivity contribution in [3.8, 4) is 0 Å². The Bertz CT molecular complexity index is 6930. The first-order chi connectivity index (χ1) is 63.2. The third-order valence-corrected chi connectivity index (χ3v) is 33.0. The van der Waals surface area contributed by atoms with Crippen LogP contribution in [0.15, 0.2) is 189 Å². The summed E-state index contributed by atoms with van der Waals surface area (Å²) in [6, 6.07) is 50.8. The highest BCUT2D eigenvalue weighted by Gasteiger charge is 2.36. The molecule has 12 heterocycles. The average molecular weight is 1860 g/mol. The van der Waals surface area contributed by atoms with Crippen molar-refractivity contribution in [2.24, 2.45) is 0 Å². The number of benzene rings is 8. The largest absolute Gasteiger partial charge is 0.362 e. The number of piperazine rings is 3. The average Bonchev–Trinajstić information content (AvgIpc) is 0.783. The van der Waals surface area contributed by atoms with Gasteiger partial charge in [-0.25, -0.2) is 73.5 Å². The van der Waals surface area contributed by atoms with Crippen molar-refractivity contribution in [1.82, 2.24) is 76.7 Å². The number of aromatic nitrogens is 8. The standard InChI is InChI=1S/2C25H29N5O3S.C24H27N5O3S.C22H23N5O3S/c1-25(2,3)17-7-9-18(10-8-17)34(32,33)30-13-11-29(12-14-30)16-22-27-20-6-4-5-19-21(31)15-26-24(28-22)23(19)20;1-17(2)18-7-9-19(10-8-18)34(32,33)30-12-4-11-29(13-14-30)16-23-27-21-6-3-5-20-22(31)15-26-25(28-23)24(20)21;1-16(2)17-6-8-18(9-7-17)33(31,32)29-12-10-28(11-13-29)15-22-26-20-5-3-4-19-21(30)14-25-24(27-22)23(19)20;1-15-5-7-16(8-6-15)31(29,30)27-11-9-26(10-12-27)14-20-24-18-4-2-3-17-19(28)13-23-22(25-20)21(17)18/h4-10H,11-16H2,1-3H3,(H,26,27,28);3,5-10,17H,4,11-16H2,1-2H3,(H,26,27,28);3-9,16H,10-15H2,1-2H3,(H,25,26,27);2-8H,9-14H2,1H3,(H,23,24,25). The fourth-order valence-electron chi connectivity index (χ4n) is 17.7. The summed E-state index contributed by atoms with van der Waals surface area (Å²) in [5.41, 5.74) is 10.0. The smallest absolute Gasteiger partial charge is 0.243 e. The zero-order valence-electron chi connectivity index (χ0n) is 75.2. The predicted octanol–water partition coefficient (Wildman–Crippen LogP) is 11.2. The Hall–Kier alpha value is -11.5. The SMILES string of the molecule is CC(C)(C)c1ccc(S(=O)(=O)N2CCN(Cc3nc4c5c(cccc5n3)C(=O)CN4)CC2)cc1.CC(C)c1ccc(S(=O)(=O)N2CCCN(Cc3nc4c5c(cccc5n3)C(=O)CN4)CC2)cc1.CC(C)c1ccc(S(=O)(=O)N2CCN(Cc3nc4c5c(cccc5n3)C(=O)CN4)CC2)cc1.Cc1ccc(S(=O)(=O)N2CCN(Cc3nc4c5c(cccc5n3)C(=O)CN4)CC2)cc1. The van der Waals surface area contributed by atoms with E-state index in [9.17, 15) is 52.8 Å². The molecule has 8 aliphatic rings. The number of ketones is 4. The number of rotatable bonds is 18. The highest BCUT2D eigenvalue weighted by Crippen LogP contribution is 2.36. The third-order valence-electron chi connectivity index (χ3n) is 25.3. The molecule has 0 amide bonds. The number of aryl methyl sites for hydroxylation is 1. The Morgan fingerprint density at radius 1 is 0.303 bits per heavy atom. The monoisotopic (exact) mass is 1860 g/mol. The van der Waals surface area contributed by atoms with Gasteiger partial charge in [0.25, 0.3) is 0 Å². The van der Waals surface area contributed by atoms with Gasteiger partial charge in [0.1, 0.15) is 46.6 Å². The van der Waals surface area contributed by atoms with Crippen LogP contribution in [-0.4, -0.2) is 264 Å². The van der Waals surface area contributed by atoms with Crippen LogP contribution >= 0.6 is 0 Å². The van der Waals surface area contributed by atoms with E-state index < -0.39 is 40.1 Å². The van der Waals surface area contributed by atoms with E-state index in [1.54, 1.807) is 65.8 Å². The van der Waals surface area contributed by atoms with E-state index in [1.165, 1.54) is 0 Å². The van der Waals surface area contributed by atoms with E-state index in [1.807, 2.05) is 128 Å². The fraction of sp³-hybridized carbons (Fsp3) is 0.375. The molecule has 0 spiro atoms. The van der Waals surface area contributed by atoms with Crippen molar-refractivity contribution in [3.05, 3.63) is 238 Å². The summed E-state index contributed by atoms with van der Waals surface area (Å²) in [5, 5.41) is 15.5. The van der Waals surface area contributed by atoms with Crippen LogP contribution in [0.3, 0.4) is 0 Å². The molecule has 132 heavy (non-hydrogen) atoms. The van der Waals surface area contributed by atoms with Crippen molar-refractivity contribution < 1.29 is 52.8 Å². The van der Waals surface area contributed by atoms with Gasteiger partial charge >= 0.3 is 0 Å². The van der Waals surface area contributed by atoms with Gasteiger partial charge in [-0.1, -0.05) is 151 Å². The van der Waals surface area contributed by atoms with Crippen molar-refractivity contribution in [2.45, 2.75) is 125 Å². The molecule has 4 aromatic heterocycles. The normalized spacial score (nSPS) is 17.6. The summed E-state index contributed by atoms with van der Waals surface area (Å²) in [7, 11) is -14.1. The van der Waals surface area contributed by atoms with Crippen LogP contribution < -0.4 is 21.3 Å². The Labute approximate surface area is 769 Å². The van der Waals surface area contributed by atoms with Gasteiger partial charge in [0.15, 0.2) is 23.1 Å². The van der Waals surface area contributed by atoms with Crippen LogP contribution in [0.1, 0.15) is 154 Å². The number of Topliss-reactive ketones (excluding diaryl/α,β-unsaturated/α-hetero) is 4. The molecule has 8 aromatic carbocycles. The minimum Gasteiger partial charge on any atom is -0.362 e. The maximum Gasteiger partial charge on any atom is 0.243 e. The van der Waals surface area contributed by atoms with Gasteiger partial charge in [-0.15, -0.1) is 0 Å². The summed E-state index contributed by atoms with van der Waals surface area (Å²) in [6.45, 7) is 28.1. The molecule has 36 heteroatoms. The van der Waals surface area contributed by atoms with Crippen molar-refractivity contribution >= 4 is 130 Å². The molecule has 0 aliphatic carbocycles. The highest BCUT2D eigenvalue weighted by molar-refractivity contribution is 7.90. The van der Waals surface area contributed by atoms with E-state index in [0.29, 0.717) is 225 Å². The van der Waals surface area contributed by atoms with Crippen LogP contribution in [0.25, 0.3) is 43.6 Å². The molecule has 0 atom stereocenters. The van der Waals surface area contributed by atoms with E-state index in [2.05, 4.69) is 124 Å². The lowest BCUT2D eigenvalue weighted by molar-refractivity contribution is 0.0998. The molecule has 8 aliphatic heterocycles. The Kier molecular flexibility index (Phi) is 26.7. The summed E-state index contributed by atoms with van der Waals surface area (Å²) >= 11 is 0. The van der Waals surface area contributed by atoms with Gasteiger partial charge in [-0.05, 0) is 127 Å². The first-order valence-electron chi connectivity index (χ1n) is 44.7. The molecule has 0 saturated carbocycles. The van der Waals surface area contributed by atoms with Crippen LogP contribution in [0, 0.1) is 6.92 Å². The zero-order valence-corrected chi connectivity index (χ0v) is 78.5. The lowest BCUT2D eigenvalue weighted by Gasteiger charge is -2.33. The summed E-state index contributed by atoms with van der Waals surface area (Å²) in [4.78, 5) is 96.0. The van der Waals surface area contributed by atoms with Crippen LogP contribution in [0.4, 0.5) is 23.3 Å². The minimum atomic E-state index is -3.53. The van der Waals surface area contributed by atoms with Gasteiger partial charge in [0, 0.05) is 120 Å². The second-order valence-corrected chi connectivity index (χ2v) is 43.7. The Balaban J connectivity index is 0.000000123. The van der Waals surface area contributed by atoms with Gasteiger partial charge < -0.3 is 21.3 Å². The minimum absolute atomic E-state index is 0.0240. The maximum absolute atomic E-state index is 13.2. The molecule has 32 nitrogen and oxygen atoms in total. The fourth-order valence-corrected chi connectivity index (χ4v) is 23.4. The maximum atomic E-state index is 13.2. The number of carbonyl (C=O) groups is 4. The lowest BCUT2D eigenvalue weighted by atomic mass is 9.87. The first kappa shape index (κ1) is 92.3. The number of nitrogens with one attached hydrogen (secondary N) is 4. The second kappa shape index (κ2) is 38.2. The molecular weight excluding hydrogens is 1750 g/mol. The zero-order chi connectivity index (χ0) is 92.7. The van der Waals surface area contributed by atoms with E-state index in [0.717, 1.165) is 78.8 Å². The predicted molar refractivity (Wildman–Crippen MR) is 508 cm³/mol. The van der Waals surface area contributed by atoms with E-state index in [4.69, 9.17) is 4.98 Å². The molecule has 12 aromatic rings.